The van der Waals surface area contributed by atoms with Crippen LogP contribution in [0.5, 0.6) is 0 Å². The van der Waals surface area contributed by atoms with Gasteiger partial charge in [0.05, 0.1) is 0 Å². The van der Waals surface area contributed by atoms with Crippen molar-refractivity contribution in [2.75, 3.05) is 0 Å². The average Bonchev–Trinajstić information content (AvgIpc) is 2.37. The van der Waals surface area contributed by atoms with E-state index in [0.29, 0.717) is 5.92 Å². The van der Waals surface area contributed by atoms with Crippen molar-refractivity contribution in [2.24, 2.45) is 0 Å². The first-order chi connectivity index (χ1) is 8.67. The van der Waals surface area contributed by atoms with Crippen molar-refractivity contribution in [3.05, 3.63) is 53.8 Å². The molecule has 1 nitrogen and oxygen atoms in total. The molecule has 0 aliphatic rings. The number of rotatable bonds is 6. The summed E-state index contributed by atoms with van der Waals surface area (Å²) in [6, 6.07) is 8.70. The Morgan fingerprint density at radius 2 is 2.17 bits per heavy atom. The van der Waals surface area contributed by atoms with Gasteiger partial charge in [0, 0.05) is 10.6 Å². The van der Waals surface area contributed by atoms with Crippen molar-refractivity contribution in [3.8, 4) is 0 Å². The molecular formula is C16H23NS. The highest BCUT2D eigenvalue weighted by Crippen LogP contribution is 2.22. The van der Waals surface area contributed by atoms with E-state index in [2.05, 4.69) is 68.0 Å². The van der Waals surface area contributed by atoms with E-state index in [0.717, 1.165) is 6.42 Å². The lowest BCUT2D eigenvalue weighted by atomic mass is 10.0. The highest BCUT2D eigenvalue weighted by Gasteiger charge is 2.01. The lowest BCUT2D eigenvalue weighted by Crippen LogP contribution is -2.00. The molecule has 0 aliphatic heterocycles. The summed E-state index contributed by atoms with van der Waals surface area (Å²) < 4.78 is 3.39. The normalized spacial score (nSPS) is 12.4. The number of hydrogen-bond acceptors (Lipinski definition) is 2. The molecule has 1 aromatic carbocycles. The van der Waals surface area contributed by atoms with Crippen LogP contribution < -0.4 is 4.72 Å². The molecule has 0 saturated carbocycles. The van der Waals surface area contributed by atoms with Crippen LogP contribution in [0.3, 0.4) is 0 Å². The van der Waals surface area contributed by atoms with E-state index in [1.54, 1.807) is 11.9 Å². The highest BCUT2D eigenvalue weighted by atomic mass is 32.2. The smallest absolute Gasteiger partial charge is 0.0399 e. The zero-order valence-electron chi connectivity index (χ0n) is 11.7. The molecule has 0 saturated heterocycles. The number of benzene rings is 1. The van der Waals surface area contributed by atoms with Gasteiger partial charge in [-0.15, -0.1) is 0 Å². The maximum Gasteiger partial charge on any atom is 0.0399 e. The Morgan fingerprint density at radius 1 is 1.39 bits per heavy atom. The third kappa shape index (κ3) is 5.01. The molecular weight excluding hydrogens is 238 g/mol. The summed E-state index contributed by atoms with van der Waals surface area (Å²) in [5.74, 6) is 0.576. The van der Waals surface area contributed by atoms with Crippen molar-refractivity contribution >= 4 is 11.9 Å². The van der Waals surface area contributed by atoms with Crippen LogP contribution in [0.15, 0.2) is 53.1 Å². The Morgan fingerprint density at radius 3 is 2.78 bits per heavy atom. The summed E-state index contributed by atoms with van der Waals surface area (Å²) in [6.45, 7) is 8.63. The van der Waals surface area contributed by atoms with E-state index in [1.165, 1.54) is 16.2 Å². The summed E-state index contributed by atoms with van der Waals surface area (Å²) in [5, 5.41) is 0. The predicted octanol–water partition coefficient (Wildman–Crippen LogP) is 5.28. The topological polar surface area (TPSA) is 12.0 Å². The molecule has 1 N–H and O–H groups in total. The second kappa shape index (κ2) is 8.04. The second-order valence-electron chi connectivity index (χ2n) is 4.50. The zero-order valence-corrected chi connectivity index (χ0v) is 12.6. The summed E-state index contributed by atoms with van der Waals surface area (Å²) >= 11 is 1.67. The van der Waals surface area contributed by atoms with Crippen molar-refractivity contribution in [1.82, 2.24) is 4.72 Å². The first kappa shape index (κ1) is 14.9. The quantitative estimate of drug-likeness (QED) is 0.552. The molecule has 0 atom stereocenters. The molecule has 0 aromatic heterocycles. The molecule has 98 valence electrons. The molecule has 0 fully saturated rings. The highest BCUT2D eigenvalue weighted by molar-refractivity contribution is 7.97. The molecule has 1 rings (SSSR count). The molecule has 2 heteroatoms. The van der Waals surface area contributed by atoms with Gasteiger partial charge in [-0.25, -0.2) is 0 Å². The Balaban J connectivity index is 2.67. The van der Waals surface area contributed by atoms with E-state index in [1.807, 2.05) is 6.92 Å². The third-order valence-electron chi connectivity index (χ3n) is 2.58. The summed E-state index contributed by atoms with van der Waals surface area (Å²) in [5.41, 5.74) is 2.55. The van der Waals surface area contributed by atoms with Gasteiger partial charge in [-0.2, -0.15) is 0 Å². The van der Waals surface area contributed by atoms with Crippen LogP contribution in [-0.2, 0) is 0 Å². The predicted molar refractivity (Wildman–Crippen MR) is 82.7 cm³/mol. The summed E-state index contributed by atoms with van der Waals surface area (Å²) in [7, 11) is 0. The van der Waals surface area contributed by atoms with Crippen molar-refractivity contribution in [3.63, 3.8) is 0 Å². The number of nitrogens with one attached hydrogen (secondary N) is 1. The fourth-order valence-corrected chi connectivity index (χ4v) is 2.33. The molecule has 18 heavy (non-hydrogen) atoms. The summed E-state index contributed by atoms with van der Waals surface area (Å²) in [4.78, 5) is 1.26. The molecule has 0 amide bonds. The Kier molecular flexibility index (Phi) is 6.66. The monoisotopic (exact) mass is 261 g/mol. The standard InChI is InChI=1S/C16H23NS/c1-5-8-15(9-6-2)17-18-16-11-7-10-14(12-16)13(3)4/h5,7-13,17H,6H2,1-4H3/b8-5-,15-9+. The first-order valence-electron chi connectivity index (χ1n) is 6.53. The van der Waals surface area contributed by atoms with Gasteiger partial charge >= 0.3 is 0 Å². The third-order valence-corrected chi connectivity index (χ3v) is 3.41. The molecule has 0 heterocycles. The molecule has 0 bridgehead atoms. The average molecular weight is 261 g/mol. The number of allylic oxidation sites excluding steroid dienone is 3. The maximum absolute atomic E-state index is 3.39. The minimum absolute atomic E-state index is 0.576. The van der Waals surface area contributed by atoms with Crippen LogP contribution in [-0.4, -0.2) is 0 Å². The van der Waals surface area contributed by atoms with Gasteiger partial charge in [0.15, 0.2) is 0 Å². The molecule has 1 aromatic rings. The van der Waals surface area contributed by atoms with Crippen LogP contribution in [0.25, 0.3) is 0 Å². The lowest BCUT2D eigenvalue weighted by Gasteiger charge is -2.09. The van der Waals surface area contributed by atoms with Gasteiger partial charge in [0.2, 0.25) is 0 Å². The lowest BCUT2D eigenvalue weighted by molar-refractivity contribution is 0.862. The van der Waals surface area contributed by atoms with Gasteiger partial charge in [0.1, 0.15) is 0 Å². The maximum atomic E-state index is 3.39. The van der Waals surface area contributed by atoms with Crippen LogP contribution in [0, 0.1) is 0 Å². The van der Waals surface area contributed by atoms with Gasteiger partial charge in [-0.05, 0) is 55.0 Å². The van der Waals surface area contributed by atoms with Crippen molar-refractivity contribution in [1.29, 1.82) is 0 Å². The van der Waals surface area contributed by atoms with Crippen LogP contribution >= 0.6 is 11.9 Å². The van der Waals surface area contributed by atoms with Crippen LogP contribution in [0.4, 0.5) is 0 Å². The molecule has 0 radical (unpaired) electrons. The van der Waals surface area contributed by atoms with Gasteiger partial charge < -0.3 is 4.72 Å². The van der Waals surface area contributed by atoms with E-state index in [4.69, 9.17) is 0 Å². The second-order valence-corrected chi connectivity index (χ2v) is 5.38. The Labute approximate surface area is 116 Å². The zero-order chi connectivity index (χ0) is 13.4. The SMILES string of the molecule is C/C=C\C(=C/CC)NSc1cccc(C(C)C)c1. The fourth-order valence-electron chi connectivity index (χ4n) is 1.60. The van der Waals surface area contributed by atoms with E-state index >= 15 is 0 Å². The van der Waals surface area contributed by atoms with E-state index in [-0.39, 0.29) is 0 Å². The van der Waals surface area contributed by atoms with E-state index in [9.17, 15) is 0 Å². The Hall–Kier alpha value is -1.15. The van der Waals surface area contributed by atoms with Gasteiger partial charge in [-0.1, -0.05) is 45.1 Å². The largest absolute Gasteiger partial charge is 0.326 e. The molecule has 0 spiro atoms. The molecule has 0 aliphatic carbocycles. The fraction of sp³-hybridized carbons (Fsp3) is 0.375. The minimum atomic E-state index is 0.576. The number of hydrogen-bond donors (Lipinski definition) is 1. The summed E-state index contributed by atoms with van der Waals surface area (Å²) in [6.07, 6.45) is 7.39. The van der Waals surface area contributed by atoms with Crippen molar-refractivity contribution in [2.45, 2.75) is 44.9 Å². The first-order valence-corrected chi connectivity index (χ1v) is 7.34. The minimum Gasteiger partial charge on any atom is -0.326 e. The van der Waals surface area contributed by atoms with Crippen LogP contribution in [0.2, 0.25) is 0 Å². The van der Waals surface area contributed by atoms with E-state index < -0.39 is 0 Å². The van der Waals surface area contributed by atoms with Crippen LogP contribution in [0.1, 0.15) is 45.6 Å². The van der Waals surface area contributed by atoms with Gasteiger partial charge in [0.25, 0.3) is 0 Å². The van der Waals surface area contributed by atoms with Gasteiger partial charge in [-0.3, -0.25) is 0 Å². The molecule has 0 unspecified atom stereocenters. The Bertz CT molecular complexity index is 419. The van der Waals surface area contributed by atoms with Crippen molar-refractivity contribution < 1.29 is 0 Å².